The molecule has 19 heavy (non-hydrogen) atoms. The second-order valence-electron chi connectivity index (χ2n) is 4.40. The molecule has 2 aromatic rings. The predicted octanol–water partition coefficient (Wildman–Crippen LogP) is 3.09. The normalized spacial score (nSPS) is 11.0. The van der Waals surface area contributed by atoms with Gasteiger partial charge in [-0.1, -0.05) is 42.5 Å². The van der Waals surface area contributed by atoms with E-state index < -0.39 is 0 Å². The third-order valence-corrected chi connectivity index (χ3v) is 4.01. The van der Waals surface area contributed by atoms with Gasteiger partial charge in [0, 0.05) is 18.1 Å². The third kappa shape index (κ3) is 4.53. The molecule has 0 fully saturated rings. The molecule has 0 aromatic heterocycles. The largest absolute Gasteiger partial charge is 0.380 e. The SMILES string of the molecule is NCCSCCOCCc1cccc2ccccc12. The minimum absolute atomic E-state index is 0.751. The van der Waals surface area contributed by atoms with Crippen molar-refractivity contribution in [3.63, 3.8) is 0 Å². The molecule has 3 heteroatoms. The van der Waals surface area contributed by atoms with E-state index in [1.54, 1.807) is 0 Å². The fraction of sp³-hybridized carbons (Fsp3) is 0.375. The molecule has 2 N–H and O–H groups in total. The van der Waals surface area contributed by atoms with E-state index in [-0.39, 0.29) is 0 Å². The molecule has 2 nitrogen and oxygen atoms in total. The lowest BCUT2D eigenvalue weighted by molar-refractivity contribution is 0.153. The highest BCUT2D eigenvalue weighted by Gasteiger charge is 2.00. The molecule has 0 aliphatic rings. The summed E-state index contributed by atoms with van der Waals surface area (Å²) in [6.07, 6.45) is 0.975. The quantitative estimate of drug-likeness (QED) is 0.752. The van der Waals surface area contributed by atoms with Crippen molar-refractivity contribution in [3.8, 4) is 0 Å². The smallest absolute Gasteiger partial charge is 0.0556 e. The molecule has 0 aliphatic heterocycles. The molecule has 0 unspecified atom stereocenters. The van der Waals surface area contributed by atoms with Crippen molar-refractivity contribution in [1.29, 1.82) is 0 Å². The van der Waals surface area contributed by atoms with E-state index >= 15 is 0 Å². The lowest BCUT2D eigenvalue weighted by atomic mass is 10.0. The lowest BCUT2D eigenvalue weighted by Gasteiger charge is -2.07. The summed E-state index contributed by atoms with van der Waals surface area (Å²) < 4.78 is 5.67. The van der Waals surface area contributed by atoms with Gasteiger partial charge in [0.1, 0.15) is 0 Å². The van der Waals surface area contributed by atoms with E-state index in [1.165, 1.54) is 16.3 Å². The minimum Gasteiger partial charge on any atom is -0.380 e. The Morgan fingerprint density at radius 2 is 1.79 bits per heavy atom. The average Bonchev–Trinajstić information content (AvgIpc) is 2.46. The Morgan fingerprint density at radius 1 is 0.947 bits per heavy atom. The Kier molecular flexibility index (Phi) is 6.21. The van der Waals surface area contributed by atoms with Crippen LogP contribution in [-0.2, 0) is 11.2 Å². The summed E-state index contributed by atoms with van der Waals surface area (Å²) >= 11 is 1.85. The van der Waals surface area contributed by atoms with Crippen molar-refractivity contribution in [2.75, 3.05) is 31.3 Å². The van der Waals surface area contributed by atoms with Crippen LogP contribution in [0.15, 0.2) is 42.5 Å². The number of rotatable bonds is 8. The molecule has 0 aliphatic carbocycles. The van der Waals surface area contributed by atoms with E-state index in [1.807, 2.05) is 11.8 Å². The topological polar surface area (TPSA) is 35.2 Å². The van der Waals surface area contributed by atoms with Gasteiger partial charge in [-0.2, -0.15) is 11.8 Å². The zero-order chi connectivity index (χ0) is 13.3. The van der Waals surface area contributed by atoms with Crippen molar-refractivity contribution >= 4 is 22.5 Å². The van der Waals surface area contributed by atoms with Crippen LogP contribution in [0.4, 0.5) is 0 Å². The van der Waals surface area contributed by atoms with Gasteiger partial charge in [-0.25, -0.2) is 0 Å². The molecule has 0 bridgehead atoms. The molecule has 0 amide bonds. The first-order chi connectivity index (χ1) is 9.42. The predicted molar refractivity (Wildman–Crippen MR) is 84.9 cm³/mol. The number of fused-ring (bicyclic) bond motifs is 1. The Balaban J connectivity index is 1.78. The van der Waals surface area contributed by atoms with E-state index in [2.05, 4.69) is 42.5 Å². The number of ether oxygens (including phenoxy) is 1. The average molecular weight is 275 g/mol. The Bertz CT molecular complexity index is 496. The molecule has 102 valence electrons. The summed E-state index contributed by atoms with van der Waals surface area (Å²) in [5.41, 5.74) is 6.80. The first-order valence-corrected chi connectivity index (χ1v) is 7.89. The van der Waals surface area contributed by atoms with Crippen molar-refractivity contribution in [2.24, 2.45) is 5.73 Å². The van der Waals surface area contributed by atoms with Crippen LogP contribution in [0.25, 0.3) is 10.8 Å². The number of benzene rings is 2. The third-order valence-electron chi connectivity index (χ3n) is 3.03. The minimum atomic E-state index is 0.751. The summed E-state index contributed by atoms with van der Waals surface area (Å²) in [6, 6.07) is 15.0. The van der Waals surface area contributed by atoms with Crippen molar-refractivity contribution in [1.82, 2.24) is 0 Å². The van der Waals surface area contributed by atoms with Gasteiger partial charge in [0.2, 0.25) is 0 Å². The van der Waals surface area contributed by atoms with E-state index in [0.29, 0.717) is 0 Å². The van der Waals surface area contributed by atoms with Gasteiger partial charge in [-0.3, -0.25) is 0 Å². The van der Waals surface area contributed by atoms with Crippen molar-refractivity contribution < 1.29 is 4.74 Å². The maximum Gasteiger partial charge on any atom is 0.0556 e. The monoisotopic (exact) mass is 275 g/mol. The van der Waals surface area contributed by atoms with Crippen molar-refractivity contribution in [2.45, 2.75) is 6.42 Å². The van der Waals surface area contributed by atoms with Crippen LogP contribution < -0.4 is 5.73 Å². The molecule has 0 radical (unpaired) electrons. The maximum atomic E-state index is 5.67. The second-order valence-corrected chi connectivity index (χ2v) is 5.63. The summed E-state index contributed by atoms with van der Waals surface area (Å²) in [4.78, 5) is 0. The standard InChI is InChI=1S/C16H21NOS/c17-9-12-19-13-11-18-10-8-15-6-3-5-14-4-1-2-7-16(14)15/h1-7H,8-13,17H2. The molecule has 2 rings (SSSR count). The highest BCUT2D eigenvalue weighted by molar-refractivity contribution is 7.99. The molecular formula is C16H21NOS. The van der Waals surface area contributed by atoms with Gasteiger partial charge >= 0.3 is 0 Å². The zero-order valence-electron chi connectivity index (χ0n) is 11.2. The van der Waals surface area contributed by atoms with Crippen LogP contribution in [0.5, 0.6) is 0 Å². The number of nitrogens with two attached hydrogens (primary N) is 1. The Morgan fingerprint density at radius 3 is 2.68 bits per heavy atom. The van der Waals surface area contributed by atoms with Crippen LogP contribution in [0.2, 0.25) is 0 Å². The van der Waals surface area contributed by atoms with Gasteiger partial charge in [0.05, 0.1) is 13.2 Å². The molecule has 0 atom stereocenters. The first kappa shape index (κ1) is 14.4. The molecule has 0 saturated heterocycles. The fourth-order valence-electron chi connectivity index (χ4n) is 2.10. The van der Waals surface area contributed by atoms with Gasteiger partial charge in [0.25, 0.3) is 0 Å². The molecule has 0 spiro atoms. The highest BCUT2D eigenvalue weighted by Crippen LogP contribution is 2.18. The van der Waals surface area contributed by atoms with Gasteiger partial charge in [-0.15, -0.1) is 0 Å². The van der Waals surface area contributed by atoms with Crippen LogP contribution in [0.3, 0.4) is 0 Å². The second kappa shape index (κ2) is 8.20. The van der Waals surface area contributed by atoms with Crippen LogP contribution in [0.1, 0.15) is 5.56 Å². The van der Waals surface area contributed by atoms with Crippen molar-refractivity contribution in [3.05, 3.63) is 48.0 Å². The molecule has 0 saturated carbocycles. The Labute approximate surface area is 119 Å². The number of hydrogen-bond acceptors (Lipinski definition) is 3. The molecular weight excluding hydrogens is 254 g/mol. The van der Waals surface area contributed by atoms with Crippen LogP contribution in [0, 0.1) is 0 Å². The summed E-state index contributed by atoms with van der Waals surface area (Å²) in [7, 11) is 0. The van der Waals surface area contributed by atoms with Gasteiger partial charge < -0.3 is 10.5 Å². The summed E-state index contributed by atoms with van der Waals surface area (Å²) in [5.74, 6) is 2.05. The van der Waals surface area contributed by atoms with E-state index in [4.69, 9.17) is 10.5 Å². The maximum absolute atomic E-state index is 5.67. The lowest BCUT2D eigenvalue weighted by Crippen LogP contribution is -2.06. The number of hydrogen-bond donors (Lipinski definition) is 1. The molecule has 0 heterocycles. The zero-order valence-corrected chi connectivity index (χ0v) is 12.0. The summed E-state index contributed by atoms with van der Waals surface area (Å²) in [5, 5.41) is 2.64. The Hall–Kier alpha value is -1.03. The fourth-order valence-corrected chi connectivity index (χ4v) is 2.70. The van der Waals surface area contributed by atoms with Crippen LogP contribution >= 0.6 is 11.8 Å². The van der Waals surface area contributed by atoms with Gasteiger partial charge in [0.15, 0.2) is 0 Å². The van der Waals surface area contributed by atoms with Gasteiger partial charge in [-0.05, 0) is 22.8 Å². The van der Waals surface area contributed by atoms with E-state index in [0.717, 1.165) is 37.7 Å². The first-order valence-electron chi connectivity index (χ1n) is 6.74. The molecule has 2 aromatic carbocycles. The summed E-state index contributed by atoms with van der Waals surface area (Å²) in [6.45, 7) is 2.35. The highest BCUT2D eigenvalue weighted by atomic mass is 32.2. The number of thioether (sulfide) groups is 1. The van der Waals surface area contributed by atoms with E-state index in [9.17, 15) is 0 Å². The van der Waals surface area contributed by atoms with Crippen LogP contribution in [-0.4, -0.2) is 31.3 Å².